The summed E-state index contributed by atoms with van der Waals surface area (Å²) in [4.78, 5) is 11.3. The van der Waals surface area contributed by atoms with Gasteiger partial charge in [0.05, 0.1) is 12.7 Å². The molecule has 0 spiro atoms. The standard InChI is InChI=1S/C13H19NO2S/c1-13(2,14)9-17-8-10-5-4-6-11(7-10)12(15)16-3/h4-7H,8-9,14H2,1-3H3. The van der Waals surface area contributed by atoms with E-state index in [2.05, 4.69) is 4.74 Å². The highest BCUT2D eigenvalue weighted by atomic mass is 32.2. The van der Waals surface area contributed by atoms with Gasteiger partial charge in [0, 0.05) is 17.0 Å². The van der Waals surface area contributed by atoms with Gasteiger partial charge in [0.25, 0.3) is 0 Å². The molecule has 2 N–H and O–H groups in total. The van der Waals surface area contributed by atoms with Crippen LogP contribution in [0, 0.1) is 0 Å². The Bertz CT molecular complexity index is 385. The lowest BCUT2D eigenvalue weighted by Gasteiger charge is -2.17. The van der Waals surface area contributed by atoms with Gasteiger partial charge in [0.2, 0.25) is 0 Å². The molecule has 17 heavy (non-hydrogen) atoms. The smallest absolute Gasteiger partial charge is 0.337 e. The van der Waals surface area contributed by atoms with Crippen molar-refractivity contribution in [2.75, 3.05) is 12.9 Å². The predicted molar refractivity (Wildman–Crippen MR) is 72.2 cm³/mol. The molecular weight excluding hydrogens is 234 g/mol. The van der Waals surface area contributed by atoms with E-state index < -0.39 is 0 Å². The third-order valence-corrected chi connectivity index (χ3v) is 3.58. The Morgan fingerprint density at radius 3 is 2.76 bits per heavy atom. The molecule has 1 rings (SSSR count). The highest BCUT2D eigenvalue weighted by Crippen LogP contribution is 2.17. The Morgan fingerprint density at radius 1 is 1.47 bits per heavy atom. The van der Waals surface area contributed by atoms with Crippen LogP contribution >= 0.6 is 11.8 Å². The molecule has 0 aliphatic rings. The van der Waals surface area contributed by atoms with Crippen LogP contribution in [0.5, 0.6) is 0 Å². The van der Waals surface area contributed by atoms with Crippen LogP contribution in [0.1, 0.15) is 29.8 Å². The van der Waals surface area contributed by atoms with Crippen LogP contribution in [0.25, 0.3) is 0 Å². The fourth-order valence-electron chi connectivity index (χ4n) is 1.34. The lowest BCUT2D eigenvalue weighted by Crippen LogP contribution is -2.34. The average Bonchev–Trinajstić information content (AvgIpc) is 2.27. The van der Waals surface area contributed by atoms with Crippen LogP contribution < -0.4 is 5.73 Å². The molecule has 4 heteroatoms. The van der Waals surface area contributed by atoms with Gasteiger partial charge < -0.3 is 10.5 Å². The maximum Gasteiger partial charge on any atom is 0.337 e. The largest absolute Gasteiger partial charge is 0.465 e. The minimum Gasteiger partial charge on any atom is -0.465 e. The molecule has 0 atom stereocenters. The second-order valence-corrected chi connectivity index (χ2v) is 5.66. The van der Waals surface area contributed by atoms with Crippen molar-refractivity contribution in [2.24, 2.45) is 5.73 Å². The molecule has 1 aromatic rings. The van der Waals surface area contributed by atoms with Gasteiger partial charge in [0.1, 0.15) is 0 Å². The summed E-state index contributed by atoms with van der Waals surface area (Å²) in [5.74, 6) is 1.44. The Hall–Kier alpha value is -1.00. The van der Waals surface area contributed by atoms with Crippen LogP contribution in [-0.2, 0) is 10.5 Å². The fourth-order valence-corrected chi connectivity index (χ4v) is 2.38. The predicted octanol–water partition coefficient (Wildman–Crippen LogP) is 2.44. The van der Waals surface area contributed by atoms with Gasteiger partial charge in [-0.15, -0.1) is 0 Å². The molecule has 0 aromatic heterocycles. The van der Waals surface area contributed by atoms with Crippen molar-refractivity contribution < 1.29 is 9.53 Å². The number of rotatable bonds is 5. The number of hydrogen-bond acceptors (Lipinski definition) is 4. The third kappa shape index (κ3) is 5.24. The summed E-state index contributed by atoms with van der Waals surface area (Å²) in [5.41, 5.74) is 7.45. The lowest BCUT2D eigenvalue weighted by atomic mass is 10.1. The molecule has 3 nitrogen and oxygen atoms in total. The van der Waals surface area contributed by atoms with Crippen LogP contribution in [0.3, 0.4) is 0 Å². The minimum absolute atomic E-state index is 0.162. The SMILES string of the molecule is COC(=O)c1cccc(CSCC(C)(C)N)c1. The van der Waals surface area contributed by atoms with Crippen molar-refractivity contribution >= 4 is 17.7 Å². The van der Waals surface area contributed by atoms with Crippen LogP contribution in [0.15, 0.2) is 24.3 Å². The van der Waals surface area contributed by atoms with Gasteiger partial charge in [0.15, 0.2) is 0 Å². The number of ether oxygens (including phenoxy) is 1. The maximum absolute atomic E-state index is 11.3. The number of hydrogen-bond donors (Lipinski definition) is 1. The molecule has 0 aliphatic heterocycles. The zero-order valence-electron chi connectivity index (χ0n) is 10.5. The molecule has 0 amide bonds. The number of carbonyl (C=O) groups excluding carboxylic acids is 1. The molecule has 0 saturated carbocycles. The topological polar surface area (TPSA) is 52.3 Å². The molecule has 0 bridgehead atoms. The van der Waals surface area contributed by atoms with Crippen molar-refractivity contribution in [3.63, 3.8) is 0 Å². The first kappa shape index (κ1) is 14.1. The van der Waals surface area contributed by atoms with Crippen molar-refractivity contribution in [2.45, 2.75) is 25.1 Å². The van der Waals surface area contributed by atoms with Crippen molar-refractivity contribution in [3.05, 3.63) is 35.4 Å². The summed E-state index contributed by atoms with van der Waals surface area (Å²) in [5, 5.41) is 0. The number of carbonyl (C=O) groups is 1. The summed E-state index contributed by atoms with van der Waals surface area (Å²) < 4.78 is 4.68. The summed E-state index contributed by atoms with van der Waals surface area (Å²) in [6.45, 7) is 4.01. The van der Waals surface area contributed by atoms with E-state index in [9.17, 15) is 4.79 Å². The molecule has 1 aromatic carbocycles. The number of esters is 1. The lowest BCUT2D eigenvalue weighted by molar-refractivity contribution is 0.0600. The molecular formula is C13H19NO2S. The van der Waals surface area contributed by atoms with E-state index in [0.717, 1.165) is 17.1 Å². The summed E-state index contributed by atoms with van der Waals surface area (Å²) in [6.07, 6.45) is 0. The Morgan fingerprint density at radius 2 is 2.18 bits per heavy atom. The number of benzene rings is 1. The van der Waals surface area contributed by atoms with Gasteiger partial charge in [-0.2, -0.15) is 11.8 Å². The molecule has 0 saturated heterocycles. The summed E-state index contributed by atoms with van der Waals surface area (Å²) in [6, 6.07) is 7.49. The van der Waals surface area contributed by atoms with Gasteiger partial charge in [-0.3, -0.25) is 0 Å². The summed E-state index contributed by atoms with van der Waals surface area (Å²) in [7, 11) is 1.39. The zero-order chi connectivity index (χ0) is 12.9. The minimum atomic E-state index is -0.295. The normalized spacial score (nSPS) is 11.3. The molecule has 0 heterocycles. The van der Waals surface area contributed by atoms with Crippen molar-refractivity contribution in [1.29, 1.82) is 0 Å². The molecule has 0 radical (unpaired) electrons. The van der Waals surface area contributed by atoms with Gasteiger partial charge in [-0.05, 0) is 31.5 Å². The van der Waals surface area contributed by atoms with E-state index in [1.165, 1.54) is 7.11 Å². The third-order valence-electron chi connectivity index (χ3n) is 2.09. The number of methoxy groups -OCH3 is 1. The quantitative estimate of drug-likeness (QED) is 0.819. The fraction of sp³-hybridized carbons (Fsp3) is 0.462. The first-order chi connectivity index (χ1) is 7.92. The van der Waals surface area contributed by atoms with Gasteiger partial charge >= 0.3 is 5.97 Å². The van der Waals surface area contributed by atoms with Crippen LogP contribution in [0.2, 0.25) is 0 Å². The van der Waals surface area contributed by atoms with Crippen molar-refractivity contribution in [3.8, 4) is 0 Å². The first-order valence-corrected chi connectivity index (χ1v) is 6.62. The van der Waals surface area contributed by atoms with E-state index in [4.69, 9.17) is 5.73 Å². The number of thioether (sulfide) groups is 1. The number of nitrogens with two attached hydrogens (primary N) is 1. The van der Waals surface area contributed by atoms with E-state index in [-0.39, 0.29) is 11.5 Å². The van der Waals surface area contributed by atoms with Crippen molar-refractivity contribution in [1.82, 2.24) is 0 Å². The molecule has 0 aliphatic carbocycles. The Labute approximate surface area is 107 Å². The van der Waals surface area contributed by atoms with Gasteiger partial charge in [-0.25, -0.2) is 4.79 Å². The van der Waals surface area contributed by atoms with E-state index in [1.807, 2.05) is 32.0 Å². The van der Waals surface area contributed by atoms with E-state index in [1.54, 1.807) is 17.8 Å². The average molecular weight is 253 g/mol. The highest BCUT2D eigenvalue weighted by Gasteiger charge is 2.11. The highest BCUT2D eigenvalue weighted by molar-refractivity contribution is 7.98. The first-order valence-electron chi connectivity index (χ1n) is 5.46. The second kappa shape index (κ2) is 6.07. The molecule has 0 unspecified atom stereocenters. The zero-order valence-corrected chi connectivity index (χ0v) is 11.3. The molecule has 0 fully saturated rings. The summed E-state index contributed by atoms with van der Waals surface area (Å²) >= 11 is 1.76. The van der Waals surface area contributed by atoms with E-state index >= 15 is 0 Å². The van der Waals surface area contributed by atoms with Gasteiger partial charge in [-0.1, -0.05) is 12.1 Å². The Kier molecular flexibility index (Phi) is 5.02. The Balaban J connectivity index is 2.57. The van der Waals surface area contributed by atoms with Crippen LogP contribution in [-0.4, -0.2) is 24.4 Å². The maximum atomic E-state index is 11.3. The van der Waals surface area contributed by atoms with E-state index in [0.29, 0.717) is 5.56 Å². The van der Waals surface area contributed by atoms with Crippen LogP contribution in [0.4, 0.5) is 0 Å². The molecule has 94 valence electrons. The monoisotopic (exact) mass is 253 g/mol. The second-order valence-electron chi connectivity index (χ2n) is 4.67.